The topological polar surface area (TPSA) is 83.5 Å². The van der Waals surface area contributed by atoms with Crippen LogP contribution in [-0.4, -0.2) is 60.6 Å². The fourth-order valence-electron chi connectivity index (χ4n) is 4.32. The third-order valence-electron chi connectivity index (χ3n) is 6.14. The normalized spacial score (nSPS) is 16.7. The van der Waals surface area contributed by atoms with E-state index >= 15 is 0 Å². The van der Waals surface area contributed by atoms with Gasteiger partial charge in [0.2, 0.25) is 5.91 Å². The number of rotatable bonds is 11. The van der Waals surface area contributed by atoms with Gasteiger partial charge in [0.1, 0.15) is 12.4 Å². The first kappa shape index (κ1) is 27.5. The van der Waals surface area contributed by atoms with E-state index < -0.39 is 12.0 Å². The first-order valence-corrected chi connectivity index (χ1v) is 13.5. The van der Waals surface area contributed by atoms with Crippen LogP contribution >= 0.6 is 11.8 Å². The molecule has 4 rings (SSSR count). The van der Waals surface area contributed by atoms with E-state index in [1.54, 1.807) is 6.92 Å². The van der Waals surface area contributed by atoms with E-state index in [0.717, 1.165) is 28.5 Å². The van der Waals surface area contributed by atoms with Crippen LogP contribution < -0.4 is 10.1 Å². The van der Waals surface area contributed by atoms with Crippen molar-refractivity contribution in [3.8, 4) is 5.75 Å². The predicted molar refractivity (Wildman–Crippen MR) is 150 cm³/mol. The minimum atomic E-state index is -0.502. The molecule has 0 aliphatic carbocycles. The highest BCUT2D eigenvalue weighted by molar-refractivity contribution is 8.16. The molecule has 8 nitrogen and oxygen atoms in total. The van der Waals surface area contributed by atoms with Crippen molar-refractivity contribution in [2.45, 2.75) is 32.9 Å². The quantitative estimate of drug-likeness (QED) is 0.426. The summed E-state index contributed by atoms with van der Waals surface area (Å²) in [6, 6.07) is 17.2. The predicted octanol–water partition coefficient (Wildman–Crippen LogP) is 4.47. The Labute approximate surface area is 228 Å². The standard InChI is InChI=1S/C29H34N4O4S/c1-5-36-28(35)26-20(2)31-29-33(23(19-38-29)17-25(34)30-14-15-32(3)4)27(26)22-12-9-13-24(16-22)37-18-21-10-7-6-8-11-21/h6-13,16,19,27H,5,14-15,17-18H2,1-4H3,(H,30,34). The summed E-state index contributed by atoms with van der Waals surface area (Å²) in [5, 5.41) is 5.64. The van der Waals surface area contributed by atoms with Gasteiger partial charge in [0.25, 0.3) is 0 Å². The summed E-state index contributed by atoms with van der Waals surface area (Å²) in [6.45, 7) is 5.61. The minimum absolute atomic E-state index is 0.0809. The van der Waals surface area contributed by atoms with Gasteiger partial charge in [0.05, 0.1) is 30.3 Å². The maximum absolute atomic E-state index is 13.2. The average molecular weight is 535 g/mol. The van der Waals surface area contributed by atoms with Crippen LogP contribution in [0.2, 0.25) is 0 Å². The van der Waals surface area contributed by atoms with Gasteiger partial charge in [-0.25, -0.2) is 9.79 Å². The number of nitrogens with one attached hydrogen (secondary N) is 1. The number of aliphatic imine (C=N–C) groups is 1. The number of allylic oxidation sites excluding steroid dienone is 1. The molecule has 200 valence electrons. The van der Waals surface area contributed by atoms with E-state index in [9.17, 15) is 9.59 Å². The fraction of sp³-hybridized carbons (Fsp3) is 0.345. The third-order valence-corrected chi connectivity index (χ3v) is 7.03. The zero-order valence-electron chi connectivity index (χ0n) is 22.3. The van der Waals surface area contributed by atoms with Gasteiger partial charge in [0, 0.05) is 18.8 Å². The molecule has 1 N–H and O–H groups in total. The van der Waals surface area contributed by atoms with Crippen LogP contribution in [0.3, 0.4) is 0 Å². The molecular weight excluding hydrogens is 500 g/mol. The van der Waals surface area contributed by atoms with Gasteiger partial charge in [-0.3, -0.25) is 4.79 Å². The van der Waals surface area contributed by atoms with Crippen LogP contribution in [0.4, 0.5) is 0 Å². The summed E-state index contributed by atoms with van der Waals surface area (Å²) < 4.78 is 11.5. The SMILES string of the molecule is CCOC(=O)C1=C(C)N=C2SC=C(CC(=O)NCCN(C)C)N2C1c1cccc(OCc2ccccc2)c1. The molecule has 0 saturated carbocycles. The van der Waals surface area contributed by atoms with Gasteiger partial charge < -0.3 is 24.6 Å². The maximum atomic E-state index is 13.2. The number of esters is 1. The molecule has 1 atom stereocenters. The van der Waals surface area contributed by atoms with Crippen LogP contribution in [-0.2, 0) is 20.9 Å². The van der Waals surface area contributed by atoms with Crippen molar-refractivity contribution < 1.29 is 19.1 Å². The molecule has 38 heavy (non-hydrogen) atoms. The van der Waals surface area contributed by atoms with Crippen LogP contribution in [0.5, 0.6) is 5.75 Å². The molecule has 0 bridgehead atoms. The van der Waals surface area contributed by atoms with Crippen molar-refractivity contribution in [2.75, 3.05) is 33.8 Å². The fourth-order valence-corrected chi connectivity index (χ4v) is 5.28. The molecule has 2 aromatic rings. The number of carbonyl (C=O) groups excluding carboxylic acids is 2. The maximum Gasteiger partial charge on any atom is 0.338 e. The first-order valence-electron chi connectivity index (χ1n) is 12.7. The molecule has 2 heterocycles. The van der Waals surface area contributed by atoms with E-state index in [1.807, 2.05) is 90.8 Å². The number of carbonyl (C=O) groups is 2. The Morgan fingerprint density at radius 2 is 1.92 bits per heavy atom. The van der Waals surface area contributed by atoms with Crippen LogP contribution in [0, 0.1) is 0 Å². The second kappa shape index (κ2) is 12.8. The van der Waals surface area contributed by atoms with Crippen molar-refractivity contribution in [3.05, 3.63) is 88.1 Å². The number of hydrogen-bond donors (Lipinski definition) is 1. The lowest BCUT2D eigenvalue weighted by atomic mass is 9.93. The Bertz CT molecular complexity index is 1260. The molecule has 0 saturated heterocycles. The first-order chi connectivity index (χ1) is 18.4. The number of fused-ring (bicyclic) bond motifs is 1. The number of hydrogen-bond acceptors (Lipinski definition) is 8. The number of amides is 1. The highest BCUT2D eigenvalue weighted by Crippen LogP contribution is 2.45. The Morgan fingerprint density at radius 3 is 2.66 bits per heavy atom. The van der Waals surface area contributed by atoms with Crippen LogP contribution in [0.1, 0.15) is 37.4 Å². The summed E-state index contributed by atoms with van der Waals surface area (Å²) in [7, 11) is 3.93. The van der Waals surface area contributed by atoms with Crippen LogP contribution in [0.15, 0.2) is 82.0 Å². The second-order valence-electron chi connectivity index (χ2n) is 9.29. The Balaban J connectivity index is 1.62. The van der Waals surface area contributed by atoms with Gasteiger partial charge in [-0.1, -0.05) is 54.2 Å². The molecule has 2 aliphatic heterocycles. The monoisotopic (exact) mass is 534 g/mol. The zero-order valence-corrected chi connectivity index (χ0v) is 23.1. The minimum Gasteiger partial charge on any atom is -0.489 e. The number of likely N-dealkylation sites (N-methyl/N-ethyl adjacent to an activating group) is 1. The third kappa shape index (κ3) is 6.65. The van der Waals surface area contributed by atoms with E-state index in [2.05, 4.69) is 5.32 Å². The summed E-state index contributed by atoms with van der Waals surface area (Å²) in [4.78, 5) is 34.7. The molecule has 0 spiro atoms. The van der Waals surface area contributed by atoms with Gasteiger partial charge in [-0.05, 0) is 56.6 Å². The van der Waals surface area contributed by atoms with Crippen molar-refractivity contribution in [2.24, 2.45) is 4.99 Å². The average Bonchev–Trinajstić information content (AvgIpc) is 3.29. The molecule has 1 unspecified atom stereocenters. The van der Waals surface area contributed by atoms with Crippen molar-refractivity contribution >= 4 is 28.8 Å². The Morgan fingerprint density at radius 1 is 1.13 bits per heavy atom. The van der Waals surface area contributed by atoms with Crippen molar-refractivity contribution in [1.29, 1.82) is 0 Å². The Hall–Kier alpha value is -3.56. The number of ether oxygens (including phenoxy) is 2. The highest BCUT2D eigenvalue weighted by atomic mass is 32.2. The molecule has 0 aromatic heterocycles. The summed E-state index contributed by atoms with van der Waals surface area (Å²) >= 11 is 1.45. The van der Waals surface area contributed by atoms with Crippen LogP contribution in [0.25, 0.3) is 0 Å². The molecule has 9 heteroatoms. The molecule has 2 aliphatic rings. The number of thioether (sulfide) groups is 1. The van der Waals surface area contributed by atoms with Crippen molar-refractivity contribution in [3.63, 3.8) is 0 Å². The van der Waals surface area contributed by atoms with E-state index in [1.165, 1.54) is 11.8 Å². The number of benzene rings is 2. The molecular formula is C29H34N4O4S. The largest absolute Gasteiger partial charge is 0.489 e. The lowest BCUT2D eigenvalue weighted by molar-refractivity contribution is -0.139. The van der Waals surface area contributed by atoms with Gasteiger partial charge in [0.15, 0.2) is 5.17 Å². The van der Waals surface area contributed by atoms with E-state index in [0.29, 0.717) is 30.2 Å². The lowest BCUT2D eigenvalue weighted by Gasteiger charge is -2.36. The smallest absolute Gasteiger partial charge is 0.338 e. The van der Waals surface area contributed by atoms with E-state index in [-0.39, 0.29) is 18.9 Å². The molecule has 0 radical (unpaired) electrons. The molecule has 0 fully saturated rings. The highest BCUT2D eigenvalue weighted by Gasteiger charge is 2.41. The second-order valence-corrected chi connectivity index (χ2v) is 10.1. The lowest BCUT2D eigenvalue weighted by Crippen LogP contribution is -2.38. The summed E-state index contributed by atoms with van der Waals surface area (Å²) in [5.41, 5.74) is 3.76. The zero-order chi connectivity index (χ0) is 27.1. The number of amidine groups is 1. The van der Waals surface area contributed by atoms with E-state index in [4.69, 9.17) is 14.5 Å². The van der Waals surface area contributed by atoms with Gasteiger partial charge in [-0.2, -0.15) is 0 Å². The summed E-state index contributed by atoms with van der Waals surface area (Å²) in [5.74, 6) is 0.192. The van der Waals surface area contributed by atoms with Gasteiger partial charge >= 0.3 is 5.97 Å². The Kier molecular flexibility index (Phi) is 9.25. The molecule has 2 aromatic carbocycles. The molecule has 1 amide bonds. The van der Waals surface area contributed by atoms with Crippen molar-refractivity contribution in [1.82, 2.24) is 15.1 Å². The van der Waals surface area contributed by atoms with Gasteiger partial charge in [-0.15, -0.1) is 0 Å². The summed E-state index contributed by atoms with van der Waals surface area (Å²) in [6.07, 6.45) is 0.176. The number of nitrogens with zero attached hydrogens (tertiary/aromatic N) is 3.